The van der Waals surface area contributed by atoms with Gasteiger partial charge in [-0.1, -0.05) is 24.3 Å². The number of benzene rings is 2. The van der Waals surface area contributed by atoms with Gasteiger partial charge in [-0.3, -0.25) is 4.79 Å². The van der Waals surface area contributed by atoms with Crippen LogP contribution in [0.3, 0.4) is 0 Å². The predicted octanol–water partition coefficient (Wildman–Crippen LogP) is 4.18. The van der Waals surface area contributed by atoms with Gasteiger partial charge in [0.1, 0.15) is 0 Å². The summed E-state index contributed by atoms with van der Waals surface area (Å²) >= 11 is 0. The third kappa shape index (κ3) is 3.72. The molecule has 0 saturated carbocycles. The first-order valence-corrected chi connectivity index (χ1v) is 6.12. The van der Waals surface area contributed by atoms with Gasteiger partial charge in [0, 0.05) is 11.3 Å². The zero-order valence-corrected chi connectivity index (χ0v) is 10.9. The van der Waals surface area contributed by atoms with Crippen LogP contribution in [-0.4, -0.2) is 5.78 Å². The van der Waals surface area contributed by atoms with Crippen molar-refractivity contribution in [1.82, 2.24) is 0 Å². The number of halogens is 3. The molecule has 0 saturated heterocycles. The van der Waals surface area contributed by atoms with Gasteiger partial charge in [0.15, 0.2) is 5.78 Å². The van der Waals surface area contributed by atoms with Crippen molar-refractivity contribution in [2.45, 2.75) is 6.18 Å². The van der Waals surface area contributed by atoms with Crippen molar-refractivity contribution in [1.29, 1.82) is 0 Å². The Morgan fingerprint density at radius 2 is 1.62 bits per heavy atom. The highest BCUT2D eigenvalue weighted by Gasteiger charge is 2.32. The van der Waals surface area contributed by atoms with E-state index in [1.54, 1.807) is 12.1 Å². The second-order valence-corrected chi connectivity index (χ2v) is 4.40. The summed E-state index contributed by atoms with van der Waals surface area (Å²) in [4.78, 5) is 11.9. The molecule has 2 N–H and O–H groups in total. The van der Waals surface area contributed by atoms with Crippen molar-refractivity contribution in [2.75, 3.05) is 5.73 Å². The summed E-state index contributed by atoms with van der Waals surface area (Å²) in [5.74, 6) is -0.382. The van der Waals surface area contributed by atoms with Gasteiger partial charge < -0.3 is 5.73 Å². The molecular weight excluding hydrogens is 279 g/mol. The van der Waals surface area contributed by atoms with E-state index >= 15 is 0 Å². The molecule has 0 aliphatic rings. The lowest BCUT2D eigenvalue weighted by Crippen LogP contribution is -2.07. The number of carbonyl (C=O) groups excluding carboxylic acids is 1. The number of nitrogens with two attached hydrogens (primary N) is 1. The number of hydrogen-bond acceptors (Lipinski definition) is 2. The molecule has 0 unspecified atom stereocenters. The molecule has 2 nitrogen and oxygen atoms in total. The Bertz CT molecular complexity index is 673. The smallest absolute Gasteiger partial charge is 0.399 e. The minimum absolute atomic E-state index is 0.0474. The minimum atomic E-state index is -4.45. The van der Waals surface area contributed by atoms with Crippen LogP contribution in [-0.2, 0) is 6.18 Å². The maximum absolute atomic E-state index is 12.8. The van der Waals surface area contributed by atoms with Gasteiger partial charge >= 0.3 is 6.18 Å². The van der Waals surface area contributed by atoms with E-state index in [-0.39, 0.29) is 11.3 Å². The first-order chi connectivity index (χ1) is 9.88. The van der Waals surface area contributed by atoms with Crippen molar-refractivity contribution in [3.05, 3.63) is 71.3 Å². The Balaban J connectivity index is 2.26. The van der Waals surface area contributed by atoms with Gasteiger partial charge in [-0.2, -0.15) is 13.2 Å². The number of hydrogen-bond donors (Lipinski definition) is 1. The number of rotatable bonds is 3. The average Bonchev–Trinajstić information content (AvgIpc) is 2.45. The molecule has 0 fully saturated rings. The molecular formula is C16H12F3NO. The Kier molecular flexibility index (Phi) is 4.12. The molecule has 0 radical (unpaired) electrons. The van der Waals surface area contributed by atoms with Gasteiger partial charge in [0.2, 0.25) is 0 Å². The summed E-state index contributed by atoms with van der Waals surface area (Å²) in [6, 6.07) is 11.3. The first kappa shape index (κ1) is 14.8. The van der Waals surface area contributed by atoms with Crippen molar-refractivity contribution in [2.24, 2.45) is 0 Å². The molecule has 2 rings (SSSR count). The Morgan fingerprint density at radius 1 is 1.00 bits per heavy atom. The number of carbonyl (C=O) groups is 1. The third-order valence-corrected chi connectivity index (χ3v) is 2.88. The summed E-state index contributed by atoms with van der Waals surface area (Å²) in [6.45, 7) is 0. The van der Waals surface area contributed by atoms with E-state index in [4.69, 9.17) is 5.73 Å². The lowest BCUT2D eigenvalue weighted by molar-refractivity contribution is -0.137. The molecule has 0 bridgehead atoms. The molecule has 5 heteroatoms. The average molecular weight is 291 g/mol. The van der Waals surface area contributed by atoms with Gasteiger partial charge in [-0.15, -0.1) is 0 Å². The highest BCUT2D eigenvalue weighted by Crippen LogP contribution is 2.32. The standard InChI is InChI=1S/C16H12F3NO/c17-16(18,19)14-4-2-1-3-11(14)7-10-15(21)12-5-8-13(20)9-6-12/h1-10H,20H2. The van der Waals surface area contributed by atoms with Gasteiger partial charge in [0.25, 0.3) is 0 Å². The Hall–Kier alpha value is -2.56. The molecule has 2 aromatic carbocycles. The lowest BCUT2D eigenvalue weighted by Gasteiger charge is -2.09. The van der Waals surface area contributed by atoms with Crippen LogP contribution in [0.5, 0.6) is 0 Å². The normalized spacial score (nSPS) is 11.8. The molecule has 0 amide bonds. The Labute approximate surface area is 119 Å². The molecule has 2 aromatic rings. The van der Waals surface area contributed by atoms with Crippen molar-refractivity contribution < 1.29 is 18.0 Å². The maximum atomic E-state index is 12.8. The molecule has 0 spiro atoms. The minimum Gasteiger partial charge on any atom is -0.399 e. The molecule has 0 aliphatic heterocycles. The van der Waals surface area contributed by atoms with Crippen molar-refractivity contribution >= 4 is 17.5 Å². The van der Waals surface area contributed by atoms with E-state index < -0.39 is 11.7 Å². The summed E-state index contributed by atoms with van der Waals surface area (Å²) in [5, 5.41) is 0. The van der Waals surface area contributed by atoms with Crippen LogP contribution in [0.2, 0.25) is 0 Å². The van der Waals surface area contributed by atoms with E-state index in [1.807, 2.05) is 0 Å². The fraction of sp³-hybridized carbons (Fsp3) is 0.0625. The fourth-order valence-electron chi connectivity index (χ4n) is 1.81. The van der Waals surface area contributed by atoms with Gasteiger partial charge in [0.05, 0.1) is 5.56 Å². The predicted molar refractivity (Wildman–Crippen MR) is 75.7 cm³/mol. The Morgan fingerprint density at radius 3 is 2.24 bits per heavy atom. The molecule has 21 heavy (non-hydrogen) atoms. The SMILES string of the molecule is Nc1ccc(C(=O)C=Cc2ccccc2C(F)(F)F)cc1. The van der Waals surface area contributed by atoms with E-state index in [0.717, 1.165) is 12.1 Å². The summed E-state index contributed by atoms with van der Waals surface area (Å²) in [6.07, 6.45) is -2.16. The van der Waals surface area contributed by atoms with Gasteiger partial charge in [-0.25, -0.2) is 0 Å². The number of allylic oxidation sites excluding steroid dienone is 1. The highest BCUT2D eigenvalue weighted by atomic mass is 19.4. The summed E-state index contributed by atoms with van der Waals surface area (Å²) in [5.41, 5.74) is 5.56. The summed E-state index contributed by atoms with van der Waals surface area (Å²) in [7, 11) is 0. The quantitative estimate of drug-likeness (QED) is 0.523. The third-order valence-electron chi connectivity index (χ3n) is 2.88. The molecule has 0 aliphatic carbocycles. The van der Waals surface area contributed by atoms with Crippen molar-refractivity contribution in [3.8, 4) is 0 Å². The molecule has 0 heterocycles. The first-order valence-electron chi connectivity index (χ1n) is 6.12. The van der Waals surface area contributed by atoms with Gasteiger partial charge in [-0.05, 0) is 42.0 Å². The van der Waals surface area contributed by atoms with E-state index in [9.17, 15) is 18.0 Å². The lowest BCUT2D eigenvalue weighted by atomic mass is 10.0. The second-order valence-electron chi connectivity index (χ2n) is 4.40. The topological polar surface area (TPSA) is 43.1 Å². The van der Waals surface area contributed by atoms with Crippen LogP contribution in [0.25, 0.3) is 6.08 Å². The monoisotopic (exact) mass is 291 g/mol. The maximum Gasteiger partial charge on any atom is 0.416 e. The van der Waals surface area contributed by atoms with Crippen LogP contribution in [0.4, 0.5) is 18.9 Å². The van der Waals surface area contributed by atoms with Crippen LogP contribution in [0.1, 0.15) is 21.5 Å². The summed E-state index contributed by atoms with van der Waals surface area (Å²) < 4.78 is 38.4. The largest absolute Gasteiger partial charge is 0.416 e. The number of nitrogen functional groups attached to an aromatic ring is 1. The highest BCUT2D eigenvalue weighted by molar-refractivity contribution is 6.07. The van der Waals surface area contributed by atoms with E-state index in [2.05, 4.69) is 0 Å². The van der Waals surface area contributed by atoms with E-state index in [1.165, 1.54) is 36.4 Å². The zero-order valence-electron chi connectivity index (χ0n) is 10.9. The van der Waals surface area contributed by atoms with Crippen LogP contribution >= 0.6 is 0 Å². The molecule has 0 atom stereocenters. The second kappa shape index (κ2) is 5.83. The zero-order chi connectivity index (χ0) is 15.5. The van der Waals surface area contributed by atoms with Crippen LogP contribution in [0.15, 0.2) is 54.6 Å². The van der Waals surface area contributed by atoms with E-state index in [0.29, 0.717) is 11.3 Å². The fourth-order valence-corrected chi connectivity index (χ4v) is 1.81. The number of alkyl halides is 3. The molecule has 108 valence electrons. The van der Waals surface area contributed by atoms with Crippen LogP contribution in [0, 0.1) is 0 Å². The molecule has 0 aromatic heterocycles. The van der Waals surface area contributed by atoms with Crippen molar-refractivity contribution in [3.63, 3.8) is 0 Å². The number of anilines is 1. The van der Waals surface area contributed by atoms with Crippen LogP contribution < -0.4 is 5.73 Å². The number of ketones is 1.